The second kappa shape index (κ2) is 9.19. The van der Waals surface area contributed by atoms with Gasteiger partial charge in [0.05, 0.1) is 19.4 Å². The van der Waals surface area contributed by atoms with Crippen molar-refractivity contribution in [3.05, 3.63) is 59.7 Å². The first-order valence-corrected chi connectivity index (χ1v) is 9.67. The standard InChI is InChI=1S/C21H23N7O2/c1-15-6-8-17(9-7-15)23-19-24-20(26-21(25-19)28-10-12-30-13-11-28)27-22-14-16-4-2-3-5-18(16)29/h2-9,14,29H,10-13H2,1H3,(H2,23,24,25,26,27). The second-order valence-corrected chi connectivity index (χ2v) is 6.80. The SMILES string of the molecule is Cc1ccc(Nc2nc(NN=Cc3ccccc3O)nc(N3CCOCC3)n2)cc1. The number of hydrogen-bond acceptors (Lipinski definition) is 9. The lowest BCUT2D eigenvalue weighted by molar-refractivity contribution is 0.122. The quantitative estimate of drug-likeness (QED) is 0.424. The van der Waals surface area contributed by atoms with Crippen molar-refractivity contribution in [1.82, 2.24) is 15.0 Å². The van der Waals surface area contributed by atoms with E-state index in [1.165, 1.54) is 11.8 Å². The number of aryl methyl sites for hydroxylation is 1. The summed E-state index contributed by atoms with van der Waals surface area (Å²) in [5, 5.41) is 17.2. The van der Waals surface area contributed by atoms with Gasteiger partial charge in [0.25, 0.3) is 0 Å². The van der Waals surface area contributed by atoms with Gasteiger partial charge in [-0.3, -0.25) is 0 Å². The van der Waals surface area contributed by atoms with Crippen LogP contribution in [-0.2, 0) is 4.74 Å². The first-order chi connectivity index (χ1) is 14.7. The highest BCUT2D eigenvalue weighted by Gasteiger charge is 2.16. The van der Waals surface area contributed by atoms with Crippen LogP contribution in [0.25, 0.3) is 0 Å². The number of hydrazone groups is 1. The number of aromatic nitrogens is 3. The maximum Gasteiger partial charge on any atom is 0.250 e. The van der Waals surface area contributed by atoms with Gasteiger partial charge >= 0.3 is 0 Å². The molecule has 2 heterocycles. The Kier molecular flexibility index (Phi) is 6.00. The molecule has 0 saturated carbocycles. The van der Waals surface area contributed by atoms with E-state index in [1.54, 1.807) is 18.2 Å². The van der Waals surface area contributed by atoms with Crippen molar-refractivity contribution in [2.45, 2.75) is 6.92 Å². The molecule has 9 heteroatoms. The minimum Gasteiger partial charge on any atom is -0.507 e. The smallest absolute Gasteiger partial charge is 0.250 e. The van der Waals surface area contributed by atoms with Gasteiger partial charge in [0.15, 0.2) is 0 Å². The van der Waals surface area contributed by atoms with Gasteiger partial charge in [0, 0.05) is 24.3 Å². The number of aromatic hydroxyl groups is 1. The zero-order chi connectivity index (χ0) is 20.8. The average Bonchev–Trinajstić information content (AvgIpc) is 2.77. The maximum atomic E-state index is 9.86. The molecule has 3 N–H and O–H groups in total. The third-order valence-electron chi connectivity index (χ3n) is 4.53. The molecule has 1 fully saturated rings. The van der Waals surface area contributed by atoms with Crippen LogP contribution in [0.2, 0.25) is 0 Å². The van der Waals surface area contributed by atoms with E-state index in [-0.39, 0.29) is 5.75 Å². The largest absolute Gasteiger partial charge is 0.507 e. The van der Waals surface area contributed by atoms with Gasteiger partial charge in [-0.2, -0.15) is 20.1 Å². The Bertz CT molecular complexity index is 1020. The predicted octanol–water partition coefficient (Wildman–Crippen LogP) is 2.91. The number of anilines is 4. The van der Waals surface area contributed by atoms with Gasteiger partial charge in [0.2, 0.25) is 17.8 Å². The summed E-state index contributed by atoms with van der Waals surface area (Å²) < 4.78 is 5.42. The first kappa shape index (κ1) is 19.6. The van der Waals surface area contributed by atoms with Crippen LogP contribution in [0.1, 0.15) is 11.1 Å². The molecule has 0 atom stereocenters. The lowest BCUT2D eigenvalue weighted by Crippen LogP contribution is -2.37. The zero-order valence-electron chi connectivity index (χ0n) is 16.6. The lowest BCUT2D eigenvalue weighted by atomic mass is 10.2. The summed E-state index contributed by atoms with van der Waals surface area (Å²) in [4.78, 5) is 15.5. The van der Waals surface area contributed by atoms with Gasteiger partial charge in [-0.25, -0.2) is 5.43 Å². The Balaban J connectivity index is 1.57. The molecule has 2 aromatic carbocycles. The fraction of sp³-hybridized carbons (Fsp3) is 0.238. The summed E-state index contributed by atoms with van der Waals surface area (Å²) in [6.45, 7) is 4.69. The maximum absolute atomic E-state index is 9.86. The molecule has 154 valence electrons. The number of morpholine rings is 1. The fourth-order valence-electron chi connectivity index (χ4n) is 2.90. The average molecular weight is 405 g/mol. The summed E-state index contributed by atoms with van der Waals surface area (Å²) in [6, 6.07) is 14.9. The Morgan fingerprint density at radius 1 is 1.00 bits per heavy atom. The Morgan fingerprint density at radius 2 is 1.73 bits per heavy atom. The van der Waals surface area contributed by atoms with Crippen molar-refractivity contribution < 1.29 is 9.84 Å². The van der Waals surface area contributed by atoms with Crippen molar-refractivity contribution >= 4 is 29.7 Å². The molecule has 3 aromatic rings. The van der Waals surface area contributed by atoms with Crippen LogP contribution in [0.3, 0.4) is 0 Å². The fourth-order valence-corrected chi connectivity index (χ4v) is 2.90. The van der Waals surface area contributed by atoms with Crippen molar-refractivity contribution in [2.24, 2.45) is 5.10 Å². The summed E-state index contributed by atoms with van der Waals surface area (Å²) in [6.07, 6.45) is 1.51. The number of nitrogens with zero attached hydrogens (tertiary/aromatic N) is 5. The predicted molar refractivity (Wildman–Crippen MR) is 117 cm³/mol. The molecule has 0 radical (unpaired) electrons. The molecular weight excluding hydrogens is 382 g/mol. The highest BCUT2D eigenvalue weighted by Crippen LogP contribution is 2.19. The molecule has 1 saturated heterocycles. The Hall–Kier alpha value is -3.72. The van der Waals surface area contributed by atoms with Crippen molar-refractivity contribution in [1.29, 1.82) is 0 Å². The second-order valence-electron chi connectivity index (χ2n) is 6.80. The molecule has 4 rings (SSSR count). The highest BCUT2D eigenvalue weighted by atomic mass is 16.5. The van der Waals surface area contributed by atoms with Gasteiger partial charge in [-0.1, -0.05) is 29.8 Å². The number of nitrogens with one attached hydrogen (secondary N) is 2. The summed E-state index contributed by atoms with van der Waals surface area (Å²) >= 11 is 0. The summed E-state index contributed by atoms with van der Waals surface area (Å²) in [5.41, 5.74) is 5.47. The first-order valence-electron chi connectivity index (χ1n) is 9.67. The topological polar surface area (TPSA) is 108 Å². The van der Waals surface area contributed by atoms with Crippen LogP contribution in [-0.4, -0.2) is 52.6 Å². The number of rotatable bonds is 6. The number of phenolic OH excluding ortho intramolecular Hbond substituents is 1. The highest BCUT2D eigenvalue weighted by molar-refractivity contribution is 5.83. The van der Waals surface area contributed by atoms with Gasteiger partial charge in [-0.05, 0) is 31.2 Å². The van der Waals surface area contributed by atoms with Crippen LogP contribution in [0.4, 0.5) is 23.5 Å². The van der Waals surface area contributed by atoms with Gasteiger partial charge < -0.3 is 20.1 Å². The number of para-hydroxylation sites is 1. The van der Waals surface area contributed by atoms with Crippen LogP contribution in [0.15, 0.2) is 53.6 Å². The molecule has 9 nitrogen and oxygen atoms in total. The van der Waals surface area contributed by atoms with Gasteiger partial charge in [0.1, 0.15) is 5.75 Å². The minimum atomic E-state index is 0.148. The van der Waals surface area contributed by atoms with Crippen molar-refractivity contribution in [3.8, 4) is 5.75 Å². The van der Waals surface area contributed by atoms with E-state index in [0.29, 0.717) is 49.7 Å². The monoisotopic (exact) mass is 405 g/mol. The van der Waals surface area contributed by atoms with E-state index in [9.17, 15) is 5.11 Å². The van der Waals surface area contributed by atoms with E-state index in [2.05, 4.69) is 30.8 Å². The molecule has 0 unspecified atom stereocenters. The summed E-state index contributed by atoms with van der Waals surface area (Å²) in [7, 11) is 0. The van der Waals surface area contributed by atoms with E-state index in [1.807, 2.05) is 42.2 Å². The minimum absolute atomic E-state index is 0.148. The molecule has 0 aliphatic carbocycles. The van der Waals surface area contributed by atoms with E-state index >= 15 is 0 Å². The molecular formula is C21H23N7O2. The molecule has 1 aliphatic rings. The van der Waals surface area contributed by atoms with E-state index in [0.717, 1.165) is 5.69 Å². The Morgan fingerprint density at radius 3 is 2.50 bits per heavy atom. The molecule has 0 bridgehead atoms. The Labute approximate surface area is 174 Å². The van der Waals surface area contributed by atoms with Crippen LogP contribution >= 0.6 is 0 Å². The number of phenols is 1. The van der Waals surface area contributed by atoms with Crippen LogP contribution in [0.5, 0.6) is 5.75 Å². The number of ether oxygens (including phenoxy) is 1. The van der Waals surface area contributed by atoms with E-state index in [4.69, 9.17) is 4.74 Å². The number of hydrogen-bond donors (Lipinski definition) is 3. The zero-order valence-corrected chi connectivity index (χ0v) is 16.6. The van der Waals surface area contributed by atoms with E-state index < -0.39 is 0 Å². The van der Waals surface area contributed by atoms with Crippen LogP contribution in [0, 0.1) is 6.92 Å². The third kappa shape index (κ3) is 5.00. The number of benzene rings is 2. The molecule has 1 aromatic heterocycles. The molecule has 0 amide bonds. The lowest BCUT2D eigenvalue weighted by Gasteiger charge is -2.27. The van der Waals surface area contributed by atoms with Crippen molar-refractivity contribution in [2.75, 3.05) is 41.9 Å². The third-order valence-corrected chi connectivity index (χ3v) is 4.53. The molecule has 30 heavy (non-hydrogen) atoms. The molecule has 1 aliphatic heterocycles. The van der Waals surface area contributed by atoms with Crippen molar-refractivity contribution in [3.63, 3.8) is 0 Å². The van der Waals surface area contributed by atoms with Crippen LogP contribution < -0.4 is 15.6 Å². The van der Waals surface area contributed by atoms with Gasteiger partial charge in [-0.15, -0.1) is 0 Å². The summed E-state index contributed by atoms with van der Waals surface area (Å²) in [5.74, 6) is 1.40. The normalized spacial score (nSPS) is 14.1. The molecule has 0 spiro atoms.